The highest BCUT2D eigenvalue weighted by molar-refractivity contribution is 7.99. The summed E-state index contributed by atoms with van der Waals surface area (Å²) >= 11 is 1.39. The van der Waals surface area contributed by atoms with Crippen molar-refractivity contribution in [2.45, 2.75) is 50.5 Å². The maximum absolute atomic E-state index is 13.6. The molecule has 0 fully saturated rings. The Labute approximate surface area is 218 Å². The molecule has 0 spiro atoms. The third-order valence-electron chi connectivity index (χ3n) is 6.01. The van der Waals surface area contributed by atoms with E-state index in [1.54, 1.807) is 17.0 Å². The van der Waals surface area contributed by atoms with Gasteiger partial charge in [-0.05, 0) is 54.4 Å². The van der Waals surface area contributed by atoms with Crippen LogP contribution in [0.4, 0.5) is 0 Å². The fourth-order valence-electron chi connectivity index (χ4n) is 4.28. The van der Waals surface area contributed by atoms with Crippen LogP contribution in [-0.2, 0) is 19.6 Å². The first-order valence-electron chi connectivity index (χ1n) is 12.3. The summed E-state index contributed by atoms with van der Waals surface area (Å²) < 4.78 is 4.74. The van der Waals surface area contributed by atoms with Crippen molar-refractivity contribution in [3.05, 3.63) is 99.5 Å². The summed E-state index contributed by atoms with van der Waals surface area (Å²) in [5, 5.41) is 6.71. The van der Waals surface area contributed by atoms with Gasteiger partial charge in [0.05, 0.1) is 12.2 Å². The monoisotopic (exact) mass is 512 g/mol. The van der Waals surface area contributed by atoms with Crippen LogP contribution in [0.1, 0.15) is 26.3 Å². The fourth-order valence-corrected chi connectivity index (χ4v) is 5.23. The first-order chi connectivity index (χ1) is 18.0. The van der Waals surface area contributed by atoms with Crippen LogP contribution in [0.3, 0.4) is 0 Å². The van der Waals surface area contributed by atoms with Gasteiger partial charge in [-0.1, -0.05) is 50.2 Å². The Kier molecular flexibility index (Phi) is 7.05. The highest BCUT2D eigenvalue weighted by Crippen LogP contribution is 2.31. The Balaban J connectivity index is 1.66. The van der Waals surface area contributed by atoms with E-state index < -0.39 is 0 Å². The molecule has 1 aromatic carbocycles. The van der Waals surface area contributed by atoms with Crippen LogP contribution in [0.15, 0.2) is 92.7 Å². The van der Waals surface area contributed by atoms with Gasteiger partial charge in [-0.25, -0.2) is 9.78 Å². The average molecular weight is 513 g/mol. The Morgan fingerprint density at radius 3 is 2.24 bits per heavy atom. The molecule has 0 radical (unpaired) electrons. The number of benzene rings is 1. The van der Waals surface area contributed by atoms with Gasteiger partial charge in [0.15, 0.2) is 5.65 Å². The number of nitrogens with zero attached hydrogens (tertiary/aromatic N) is 6. The molecule has 0 aliphatic rings. The standard InChI is InChI=1S/C28H28N6O2S/c1-4-32-26(35)24-25(33(28(32)36)17-19(2)3)31-34(27(24)37-23-10-6-8-16-30-23)18-20-11-13-21(14-12-20)22-9-5-7-15-29-22/h5-16,19H,4,17-18H2,1-3H3. The summed E-state index contributed by atoms with van der Waals surface area (Å²) in [6, 6.07) is 19.6. The van der Waals surface area contributed by atoms with E-state index >= 15 is 0 Å². The van der Waals surface area contributed by atoms with Gasteiger partial charge in [0.1, 0.15) is 15.4 Å². The van der Waals surface area contributed by atoms with Gasteiger partial charge in [0, 0.05) is 31.0 Å². The molecule has 0 atom stereocenters. The van der Waals surface area contributed by atoms with Crippen molar-refractivity contribution in [3.8, 4) is 11.3 Å². The predicted octanol–water partition coefficient (Wildman–Crippen LogP) is 4.69. The zero-order valence-corrected chi connectivity index (χ0v) is 21.9. The number of hydrogen-bond donors (Lipinski definition) is 0. The molecule has 0 amide bonds. The van der Waals surface area contributed by atoms with Crippen molar-refractivity contribution in [2.75, 3.05) is 0 Å². The van der Waals surface area contributed by atoms with Gasteiger partial charge in [-0.2, -0.15) is 5.10 Å². The van der Waals surface area contributed by atoms with E-state index in [4.69, 9.17) is 5.10 Å². The van der Waals surface area contributed by atoms with E-state index in [-0.39, 0.29) is 17.2 Å². The Morgan fingerprint density at radius 2 is 1.62 bits per heavy atom. The van der Waals surface area contributed by atoms with Gasteiger partial charge in [-0.3, -0.25) is 23.6 Å². The van der Waals surface area contributed by atoms with Crippen LogP contribution >= 0.6 is 11.8 Å². The molecule has 5 rings (SSSR count). The van der Waals surface area contributed by atoms with E-state index in [0.717, 1.165) is 21.8 Å². The Morgan fingerprint density at radius 1 is 0.892 bits per heavy atom. The maximum Gasteiger partial charge on any atom is 0.332 e. The van der Waals surface area contributed by atoms with Gasteiger partial charge < -0.3 is 0 Å². The van der Waals surface area contributed by atoms with Gasteiger partial charge in [-0.15, -0.1) is 0 Å². The third kappa shape index (κ3) is 4.99. The molecule has 0 saturated heterocycles. The van der Waals surface area contributed by atoms with Crippen LogP contribution in [0.25, 0.3) is 22.3 Å². The molecule has 0 N–H and O–H groups in total. The number of pyridine rings is 2. The molecule has 0 bridgehead atoms. The summed E-state index contributed by atoms with van der Waals surface area (Å²) in [4.78, 5) is 35.7. The molecule has 0 unspecified atom stereocenters. The van der Waals surface area contributed by atoms with Crippen LogP contribution in [0.5, 0.6) is 0 Å². The summed E-state index contributed by atoms with van der Waals surface area (Å²) in [6.07, 6.45) is 3.50. The first-order valence-corrected chi connectivity index (χ1v) is 13.1. The molecule has 8 nitrogen and oxygen atoms in total. The van der Waals surface area contributed by atoms with Crippen molar-refractivity contribution in [1.82, 2.24) is 28.9 Å². The van der Waals surface area contributed by atoms with Gasteiger partial charge in [0.25, 0.3) is 5.56 Å². The van der Waals surface area contributed by atoms with Crippen LogP contribution in [0.2, 0.25) is 0 Å². The largest absolute Gasteiger partial charge is 0.332 e. The maximum atomic E-state index is 13.6. The molecular formula is C28H28N6O2S. The number of fused-ring (bicyclic) bond motifs is 1. The van der Waals surface area contributed by atoms with Gasteiger partial charge >= 0.3 is 5.69 Å². The lowest BCUT2D eigenvalue weighted by Crippen LogP contribution is -2.40. The highest BCUT2D eigenvalue weighted by Gasteiger charge is 2.23. The zero-order valence-electron chi connectivity index (χ0n) is 21.0. The van der Waals surface area contributed by atoms with E-state index in [1.165, 1.54) is 16.3 Å². The second kappa shape index (κ2) is 10.6. The van der Waals surface area contributed by atoms with E-state index in [1.807, 2.05) is 86.1 Å². The molecule has 37 heavy (non-hydrogen) atoms. The first kappa shape index (κ1) is 24.7. The number of aromatic nitrogens is 6. The van der Waals surface area contributed by atoms with Crippen molar-refractivity contribution in [1.29, 1.82) is 0 Å². The summed E-state index contributed by atoms with van der Waals surface area (Å²) in [5.41, 5.74) is 2.71. The molecule has 0 aliphatic carbocycles. The lowest BCUT2D eigenvalue weighted by molar-refractivity contribution is 0.489. The Bertz CT molecular complexity index is 1640. The molecule has 188 valence electrons. The Hall–Kier alpha value is -3.98. The SMILES string of the molecule is CCn1c(=O)c2c(Sc3ccccn3)n(Cc3ccc(-c4ccccn4)cc3)nc2n(CC(C)C)c1=O. The van der Waals surface area contributed by atoms with Gasteiger partial charge in [0.2, 0.25) is 0 Å². The minimum Gasteiger partial charge on any atom is -0.276 e. The third-order valence-corrected chi connectivity index (χ3v) is 7.07. The smallest absolute Gasteiger partial charge is 0.276 e. The molecule has 9 heteroatoms. The van der Waals surface area contributed by atoms with E-state index in [9.17, 15) is 9.59 Å². The fraction of sp³-hybridized carbons (Fsp3) is 0.250. The summed E-state index contributed by atoms with van der Waals surface area (Å²) in [6.45, 7) is 7.10. The quantitative estimate of drug-likeness (QED) is 0.300. The van der Waals surface area contributed by atoms with Crippen molar-refractivity contribution in [3.63, 3.8) is 0 Å². The van der Waals surface area contributed by atoms with E-state index in [2.05, 4.69) is 9.97 Å². The molecule has 0 saturated carbocycles. The van der Waals surface area contributed by atoms with Crippen molar-refractivity contribution in [2.24, 2.45) is 5.92 Å². The molecule has 4 heterocycles. The predicted molar refractivity (Wildman–Crippen MR) is 146 cm³/mol. The molecule has 5 aromatic rings. The summed E-state index contributed by atoms with van der Waals surface area (Å²) in [7, 11) is 0. The summed E-state index contributed by atoms with van der Waals surface area (Å²) in [5.74, 6) is 0.208. The van der Waals surface area contributed by atoms with Crippen LogP contribution in [-0.4, -0.2) is 28.9 Å². The van der Waals surface area contributed by atoms with Crippen molar-refractivity contribution < 1.29 is 0 Å². The molecular weight excluding hydrogens is 484 g/mol. The lowest BCUT2D eigenvalue weighted by Gasteiger charge is -2.12. The van der Waals surface area contributed by atoms with Crippen LogP contribution in [0, 0.1) is 5.92 Å². The minimum atomic E-state index is -0.326. The average Bonchev–Trinajstić information content (AvgIpc) is 3.26. The zero-order chi connectivity index (χ0) is 25.9. The lowest BCUT2D eigenvalue weighted by atomic mass is 10.1. The van der Waals surface area contributed by atoms with Crippen LogP contribution < -0.4 is 11.2 Å². The molecule has 0 aliphatic heterocycles. The second-order valence-corrected chi connectivity index (χ2v) is 10.2. The second-order valence-electron chi connectivity index (χ2n) is 9.18. The number of hydrogen-bond acceptors (Lipinski definition) is 6. The van der Waals surface area contributed by atoms with Crippen molar-refractivity contribution >= 4 is 22.8 Å². The molecule has 4 aromatic heterocycles. The number of rotatable bonds is 8. The normalized spacial score (nSPS) is 11.5. The van der Waals surface area contributed by atoms with E-state index in [0.29, 0.717) is 35.7 Å². The highest BCUT2D eigenvalue weighted by atomic mass is 32.2. The topological polar surface area (TPSA) is 87.6 Å². The minimum absolute atomic E-state index is 0.208.